The Morgan fingerprint density at radius 1 is 1.37 bits per heavy atom. The molecule has 0 bridgehead atoms. The van der Waals surface area contributed by atoms with Gasteiger partial charge in [-0.25, -0.2) is 9.97 Å². The molecule has 3 heterocycles. The fourth-order valence-electron chi connectivity index (χ4n) is 2.94. The second-order valence-corrected chi connectivity index (χ2v) is 5.36. The standard InChI is InChI=1S/C13H20N4O2/c1-11-6-12(15-10-14-11)16-2-3-17-4-5-19-9-13(17,7-16)8-18/h6,10,18H,2-5,7-9H2,1H3. The Labute approximate surface area is 113 Å². The SMILES string of the molecule is Cc1cc(N2CCN3CCOCC3(CO)C2)ncn1. The van der Waals surface area contributed by atoms with Gasteiger partial charge in [-0.15, -0.1) is 0 Å². The summed E-state index contributed by atoms with van der Waals surface area (Å²) in [5, 5.41) is 9.82. The Balaban J connectivity index is 1.83. The number of hydrogen-bond acceptors (Lipinski definition) is 6. The van der Waals surface area contributed by atoms with E-state index in [2.05, 4.69) is 19.8 Å². The minimum Gasteiger partial charge on any atom is -0.394 e. The van der Waals surface area contributed by atoms with Crippen LogP contribution in [0.25, 0.3) is 0 Å². The third kappa shape index (κ3) is 2.31. The molecule has 2 fully saturated rings. The highest BCUT2D eigenvalue weighted by atomic mass is 16.5. The zero-order valence-corrected chi connectivity index (χ0v) is 11.2. The second kappa shape index (κ2) is 5.03. The van der Waals surface area contributed by atoms with Crippen LogP contribution in [0, 0.1) is 6.92 Å². The number of aryl methyl sites for hydroxylation is 1. The van der Waals surface area contributed by atoms with Crippen LogP contribution in [0.2, 0.25) is 0 Å². The van der Waals surface area contributed by atoms with Crippen molar-refractivity contribution in [2.45, 2.75) is 12.5 Å². The molecule has 0 aliphatic carbocycles. The van der Waals surface area contributed by atoms with Crippen LogP contribution in [0.5, 0.6) is 0 Å². The molecule has 2 saturated heterocycles. The lowest BCUT2D eigenvalue weighted by molar-refractivity contribution is -0.0951. The van der Waals surface area contributed by atoms with Gasteiger partial charge in [0.15, 0.2) is 0 Å². The Kier molecular flexibility index (Phi) is 3.38. The first-order chi connectivity index (χ1) is 9.23. The summed E-state index contributed by atoms with van der Waals surface area (Å²) in [6, 6.07) is 1.99. The van der Waals surface area contributed by atoms with Gasteiger partial charge >= 0.3 is 0 Å². The highest BCUT2D eigenvalue weighted by molar-refractivity contribution is 5.40. The molecule has 0 aromatic carbocycles. The van der Waals surface area contributed by atoms with E-state index in [4.69, 9.17) is 4.74 Å². The minimum absolute atomic E-state index is 0.119. The molecule has 0 radical (unpaired) electrons. The van der Waals surface area contributed by atoms with Crippen LogP contribution in [-0.4, -0.2) is 71.5 Å². The molecule has 3 rings (SSSR count). The molecule has 1 unspecified atom stereocenters. The molecule has 6 heteroatoms. The maximum Gasteiger partial charge on any atom is 0.132 e. The molecule has 0 saturated carbocycles. The average molecular weight is 264 g/mol. The van der Waals surface area contributed by atoms with Gasteiger partial charge < -0.3 is 14.7 Å². The number of morpholine rings is 1. The van der Waals surface area contributed by atoms with E-state index >= 15 is 0 Å². The zero-order chi connectivity index (χ0) is 13.3. The molecule has 1 aromatic heterocycles. The largest absolute Gasteiger partial charge is 0.394 e. The molecule has 2 aliphatic rings. The number of nitrogens with zero attached hydrogens (tertiary/aromatic N) is 4. The minimum atomic E-state index is -0.282. The van der Waals surface area contributed by atoms with Crippen molar-refractivity contribution in [1.82, 2.24) is 14.9 Å². The second-order valence-electron chi connectivity index (χ2n) is 5.36. The maximum absolute atomic E-state index is 9.82. The molecule has 19 heavy (non-hydrogen) atoms. The monoisotopic (exact) mass is 264 g/mol. The summed E-state index contributed by atoms with van der Waals surface area (Å²) >= 11 is 0. The van der Waals surface area contributed by atoms with Crippen LogP contribution in [0.3, 0.4) is 0 Å². The first kappa shape index (κ1) is 12.8. The normalized spacial score (nSPS) is 28.2. The average Bonchev–Trinajstić information content (AvgIpc) is 2.46. The van der Waals surface area contributed by atoms with E-state index < -0.39 is 0 Å². The molecule has 104 valence electrons. The number of aromatic nitrogens is 2. The van der Waals surface area contributed by atoms with E-state index in [1.807, 2.05) is 13.0 Å². The lowest BCUT2D eigenvalue weighted by Crippen LogP contribution is -2.69. The Bertz CT molecular complexity index is 456. The van der Waals surface area contributed by atoms with Crippen molar-refractivity contribution in [2.24, 2.45) is 0 Å². The summed E-state index contributed by atoms with van der Waals surface area (Å²) in [5.41, 5.74) is 0.681. The van der Waals surface area contributed by atoms with Gasteiger partial charge in [0, 0.05) is 37.9 Å². The number of anilines is 1. The van der Waals surface area contributed by atoms with Crippen molar-refractivity contribution in [3.8, 4) is 0 Å². The number of aliphatic hydroxyl groups is 1. The van der Waals surface area contributed by atoms with Crippen LogP contribution in [0.15, 0.2) is 12.4 Å². The quantitative estimate of drug-likeness (QED) is 0.789. The zero-order valence-electron chi connectivity index (χ0n) is 11.2. The van der Waals surface area contributed by atoms with Crippen LogP contribution in [-0.2, 0) is 4.74 Å². The predicted molar refractivity (Wildman–Crippen MR) is 71.2 cm³/mol. The van der Waals surface area contributed by atoms with Crippen LogP contribution in [0.1, 0.15) is 5.69 Å². The number of piperazine rings is 1. The number of aliphatic hydroxyl groups excluding tert-OH is 1. The topological polar surface area (TPSA) is 61.7 Å². The summed E-state index contributed by atoms with van der Waals surface area (Å²) in [4.78, 5) is 13.0. The van der Waals surface area contributed by atoms with Crippen LogP contribution in [0.4, 0.5) is 5.82 Å². The van der Waals surface area contributed by atoms with E-state index in [1.165, 1.54) is 0 Å². The van der Waals surface area contributed by atoms with Crippen molar-refractivity contribution in [3.63, 3.8) is 0 Å². The molecule has 1 N–H and O–H groups in total. The lowest BCUT2D eigenvalue weighted by atomic mass is 9.94. The molecular formula is C13H20N4O2. The fraction of sp³-hybridized carbons (Fsp3) is 0.692. The molecule has 1 atom stereocenters. The Hall–Kier alpha value is -1.24. The number of hydrogen-bond donors (Lipinski definition) is 1. The van der Waals surface area contributed by atoms with Gasteiger partial charge in [-0.05, 0) is 6.92 Å². The first-order valence-electron chi connectivity index (χ1n) is 6.71. The van der Waals surface area contributed by atoms with E-state index in [9.17, 15) is 5.11 Å². The van der Waals surface area contributed by atoms with Gasteiger partial charge in [0.1, 0.15) is 12.1 Å². The van der Waals surface area contributed by atoms with Crippen molar-refractivity contribution in [1.29, 1.82) is 0 Å². The van der Waals surface area contributed by atoms with Gasteiger partial charge in [0.25, 0.3) is 0 Å². The molecule has 0 spiro atoms. The van der Waals surface area contributed by atoms with Crippen molar-refractivity contribution < 1.29 is 9.84 Å². The highest BCUT2D eigenvalue weighted by Crippen LogP contribution is 2.27. The smallest absolute Gasteiger partial charge is 0.132 e. The van der Waals surface area contributed by atoms with E-state index in [-0.39, 0.29) is 12.1 Å². The summed E-state index contributed by atoms with van der Waals surface area (Å²) in [6.45, 7) is 6.95. The Morgan fingerprint density at radius 3 is 3.05 bits per heavy atom. The van der Waals surface area contributed by atoms with Gasteiger partial charge in [-0.2, -0.15) is 0 Å². The molecule has 2 aliphatic heterocycles. The number of ether oxygens (including phenoxy) is 1. The van der Waals surface area contributed by atoms with Gasteiger partial charge in [0.2, 0.25) is 0 Å². The van der Waals surface area contributed by atoms with Crippen molar-refractivity contribution in [3.05, 3.63) is 18.1 Å². The third-order valence-electron chi connectivity index (χ3n) is 4.08. The van der Waals surface area contributed by atoms with E-state index in [0.29, 0.717) is 6.61 Å². The van der Waals surface area contributed by atoms with Crippen molar-refractivity contribution >= 4 is 5.82 Å². The molecular weight excluding hydrogens is 244 g/mol. The summed E-state index contributed by atoms with van der Waals surface area (Å²) in [6.07, 6.45) is 1.60. The van der Waals surface area contributed by atoms with Gasteiger partial charge in [-0.1, -0.05) is 0 Å². The first-order valence-corrected chi connectivity index (χ1v) is 6.71. The molecule has 0 amide bonds. The molecule has 6 nitrogen and oxygen atoms in total. The molecule has 1 aromatic rings. The summed E-state index contributed by atoms with van der Waals surface area (Å²) in [7, 11) is 0. The van der Waals surface area contributed by atoms with E-state index in [0.717, 1.165) is 44.3 Å². The maximum atomic E-state index is 9.82. The lowest BCUT2D eigenvalue weighted by Gasteiger charge is -2.52. The third-order valence-corrected chi connectivity index (χ3v) is 4.08. The van der Waals surface area contributed by atoms with Gasteiger partial charge in [0.05, 0.1) is 25.4 Å². The predicted octanol–water partition coefficient (Wildman–Crippen LogP) is -0.332. The van der Waals surface area contributed by atoms with Gasteiger partial charge in [-0.3, -0.25) is 4.90 Å². The summed E-state index contributed by atoms with van der Waals surface area (Å²) < 4.78 is 5.58. The fourth-order valence-corrected chi connectivity index (χ4v) is 2.94. The highest BCUT2D eigenvalue weighted by Gasteiger charge is 2.43. The number of rotatable bonds is 2. The van der Waals surface area contributed by atoms with Crippen LogP contribution >= 0.6 is 0 Å². The number of fused-ring (bicyclic) bond motifs is 1. The summed E-state index contributed by atoms with van der Waals surface area (Å²) in [5.74, 6) is 0.936. The van der Waals surface area contributed by atoms with Crippen LogP contribution < -0.4 is 4.90 Å². The van der Waals surface area contributed by atoms with Crippen molar-refractivity contribution in [2.75, 3.05) is 50.9 Å². The Morgan fingerprint density at radius 2 is 2.26 bits per heavy atom. The van der Waals surface area contributed by atoms with E-state index in [1.54, 1.807) is 6.33 Å².